The molecule has 0 N–H and O–H groups in total. The third-order valence-corrected chi connectivity index (χ3v) is 8.05. The van der Waals surface area contributed by atoms with E-state index < -0.39 is 19.9 Å². The maximum absolute atomic E-state index is 12.4. The highest BCUT2D eigenvalue weighted by Gasteiger charge is 2.30. The van der Waals surface area contributed by atoms with Crippen LogP contribution in [0.1, 0.15) is 25.0 Å². The maximum atomic E-state index is 12.4. The minimum atomic E-state index is -3.97. The second-order valence-electron chi connectivity index (χ2n) is 4.68. The van der Waals surface area contributed by atoms with Crippen LogP contribution in [0.25, 0.3) is 0 Å². The van der Waals surface area contributed by atoms with Crippen molar-refractivity contribution in [3.8, 4) is 6.07 Å². The van der Waals surface area contributed by atoms with E-state index in [0.29, 0.717) is 17.7 Å². The summed E-state index contributed by atoms with van der Waals surface area (Å²) in [5.41, 5.74) is 1.81. The van der Waals surface area contributed by atoms with E-state index in [1.165, 1.54) is 4.31 Å². The first-order chi connectivity index (χ1) is 9.85. The van der Waals surface area contributed by atoms with Gasteiger partial charge in [0.2, 0.25) is 0 Å². The van der Waals surface area contributed by atoms with Gasteiger partial charge in [-0.25, -0.2) is 4.21 Å². The first-order valence-electron chi connectivity index (χ1n) is 6.64. The lowest BCUT2D eigenvalue weighted by Crippen LogP contribution is -2.28. The lowest BCUT2D eigenvalue weighted by Gasteiger charge is -2.17. The number of hydrogen-bond donors (Lipinski definition) is 0. The summed E-state index contributed by atoms with van der Waals surface area (Å²) in [6.07, 6.45) is 0.527. The first-order valence-corrected chi connectivity index (χ1v) is 9.89. The molecule has 0 radical (unpaired) electrons. The average Bonchev–Trinajstić information content (AvgIpc) is 2.90. The smallest absolute Gasteiger partial charge is 0.251 e. The van der Waals surface area contributed by atoms with Crippen molar-refractivity contribution in [3.05, 3.63) is 29.3 Å². The number of benzene rings is 1. The minimum Gasteiger partial charge on any atom is -0.251 e. The van der Waals surface area contributed by atoms with E-state index in [2.05, 4.69) is 3.77 Å². The Morgan fingerprint density at radius 1 is 1.29 bits per heavy atom. The van der Waals surface area contributed by atoms with Gasteiger partial charge in [0, 0.05) is 18.1 Å². The van der Waals surface area contributed by atoms with Crippen LogP contribution in [-0.2, 0) is 26.4 Å². The molecule has 1 aliphatic heterocycles. The Hall–Kier alpha value is -1.59. The van der Waals surface area contributed by atoms with Crippen LogP contribution >= 0.6 is 0 Å². The number of hydrogen-bond acceptors (Lipinski definition) is 4. The zero-order valence-electron chi connectivity index (χ0n) is 11.9. The fourth-order valence-electron chi connectivity index (χ4n) is 2.20. The Labute approximate surface area is 125 Å². The SMILES string of the molecule is CCS(=O)(CC)=NS(=O)(=O)N1CCc2cc(C#N)ccc21. The van der Waals surface area contributed by atoms with Crippen LogP contribution in [0.2, 0.25) is 0 Å². The monoisotopic (exact) mass is 327 g/mol. The maximum Gasteiger partial charge on any atom is 0.352 e. The molecule has 0 amide bonds. The topological polar surface area (TPSA) is 90.6 Å². The van der Waals surface area contributed by atoms with Crippen molar-refractivity contribution < 1.29 is 12.6 Å². The molecule has 1 aromatic carbocycles. The summed E-state index contributed by atoms with van der Waals surface area (Å²) in [5, 5.41) is 8.87. The van der Waals surface area contributed by atoms with Gasteiger partial charge < -0.3 is 0 Å². The highest BCUT2D eigenvalue weighted by Crippen LogP contribution is 2.31. The summed E-state index contributed by atoms with van der Waals surface area (Å²) in [5.74, 6) is 0.410. The molecule has 1 aromatic rings. The number of nitrogens with zero attached hydrogens (tertiary/aromatic N) is 3. The van der Waals surface area contributed by atoms with E-state index in [-0.39, 0.29) is 18.1 Å². The minimum absolute atomic E-state index is 0.205. The van der Waals surface area contributed by atoms with Gasteiger partial charge in [0.1, 0.15) is 0 Å². The zero-order chi connectivity index (χ0) is 15.7. The van der Waals surface area contributed by atoms with Crippen molar-refractivity contribution in [1.82, 2.24) is 0 Å². The number of anilines is 1. The molecule has 2 rings (SSSR count). The summed E-state index contributed by atoms with van der Waals surface area (Å²) in [4.78, 5) is 0. The van der Waals surface area contributed by atoms with Crippen molar-refractivity contribution >= 4 is 25.6 Å². The number of fused-ring (bicyclic) bond motifs is 1. The van der Waals surface area contributed by atoms with Crippen LogP contribution in [0, 0.1) is 11.3 Å². The molecule has 0 fully saturated rings. The molecule has 8 heteroatoms. The molecule has 0 spiro atoms. The van der Waals surface area contributed by atoms with E-state index in [1.807, 2.05) is 6.07 Å². The third-order valence-electron chi connectivity index (χ3n) is 3.47. The van der Waals surface area contributed by atoms with E-state index >= 15 is 0 Å². The van der Waals surface area contributed by atoms with Crippen LogP contribution in [0.5, 0.6) is 0 Å². The average molecular weight is 327 g/mol. The molecule has 0 aliphatic carbocycles. The van der Waals surface area contributed by atoms with Crippen LogP contribution in [0.3, 0.4) is 0 Å². The molecular formula is C13H17N3O3S2. The van der Waals surface area contributed by atoms with Crippen LogP contribution < -0.4 is 4.31 Å². The van der Waals surface area contributed by atoms with E-state index in [9.17, 15) is 12.6 Å². The quantitative estimate of drug-likeness (QED) is 0.841. The van der Waals surface area contributed by atoms with Crippen molar-refractivity contribution in [3.63, 3.8) is 0 Å². The van der Waals surface area contributed by atoms with Gasteiger partial charge in [0.25, 0.3) is 0 Å². The van der Waals surface area contributed by atoms with Gasteiger partial charge in [0.15, 0.2) is 0 Å². The molecule has 0 saturated carbocycles. The van der Waals surface area contributed by atoms with Crippen molar-refractivity contribution in [2.24, 2.45) is 3.77 Å². The summed E-state index contributed by atoms with van der Waals surface area (Å²) >= 11 is 0. The molecule has 0 bridgehead atoms. The molecule has 21 heavy (non-hydrogen) atoms. The summed E-state index contributed by atoms with van der Waals surface area (Å²) in [6.45, 7) is 3.60. The van der Waals surface area contributed by atoms with E-state index in [4.69, 9.17) is 5.26 Å². The lowest BCUT2D eigenvalue weighted by molar-refractivity contribution is 0.594. The molecule has 0 aromatic heterocycles. The second-order valence-corrected chi connectivity index (χ2v) is 9.31. The Bertz CT molecular complexity index is 806. The predicted octanol–water partition coefficient (Wildman–Crippen LogP) is 1.67. The summed E-state index contributed by atoms with van der Waals surface area (Å²) in [6, 6.07) is 6.89. The highest BCUT2D eigenvalue weighted by molar-refractivity contribution is 8.03. The molecule has 0 unspecified atom stereocenters. The fraction of sp³-hybridized carbons (Fsp3) is 0.462. The highest BCUT2D eigenvalue weighted by atomic mass is 32.3. The Balaban J connectivity index is 2.48. The Kier molecular flexibility index (Phi) is 4.25. The molecule has 0 saturated heterocycles. The van der Waals surface area contributed by atoms with Crippen LogP contribution in [0.4, 0.5) is 5.69 Å². The second kappa shape index (κ2) is 5.66. The Morgan fingerprint density at radius 2 is 1.95 bits per heavy atom. The predicted molar refractivity (Wildman–Crippen MR) is 82.8 cm³/mol. The normalized spacial score (nSPS) is 14.6. The van der Waals surface area contributed by atoms with Crippen molar-refractivity contribution in [1.29, 1.82) is 5.26 Å². The van der Waals surface area contributed by atoms with Crippen LogP contribution in [-0.4, -0.2) is 30.7 Å². The van der Waals surface area contributed by atoms with Gasteiger partial charge in [-0.3, -0.25) is 4.31 Å². The van der Waals surface area contributed by atoms with Crippen molar-refractivity contribution in [2.45, 2.75) is 20.3 Å². The molecule has 114 valence electrons. The fourth-order valence-corrected chi connectivity index (χ4v) is 5.90. The molecule has 6 nitrogen and oxygen atoms in total. The summed E-state index contributed by atoms with van der Waals surface area (Å²) in [7, 11) is -6.71. The molecule has 0 atom stereocenters. The molecular weight excluding hydrogens is 310 g/mol. The van der Waals surface area contributed by atoms with Gasteiger partial charge in [-0.2, -0.15) is 13.7 Å². The number of rotatable bonds is 4. The van der Waals surface area contributed by atoms with Gasteiger partial charge in [-0.15, -0.1) is 0 Å². The largest absolute Gasteiger partial charge is 0.352 e. The summed E-state index contributed by atoms with van der Waals surface area (Å²) < 4.78 is 41.9. The van der Waals surface area contributed by atoms with Crippen LogP contribution in [0.15, 0.2) is 22.0 Å². The van der Waals surface area contributed by atoms with Gasteiger partial charge in [0.05, 0.1) is 27.0 Å². The van der Waals surface area contributed by atoms with E-state index in [0.717, 1.165) is 5.56 Å². The Morgan fingerprint density at radius 3 is 2.52 bits per heavy atom. The molecule has 1 aliphatic rings. The zero-order valence-corrected chi connectivity index (χ0v) is 13.6. The van der Waals surface area contributed by atoms with Gasteiger partial charge in [-0.1, -0.05) is 17.6 Å². The van der Waals surface area contributed by atoms with Crippen molar-refractivity contribution in [2.75, 3.05) is 22.4 Å². The molecule has 1 heterocycles. The van der Waals surface area contributed by atoms with E-state index in [1.54, 1.807) is 32.0 Å². The lowest BCUT2D eigenvalue weighted by atomic mass is 10.1. The first kappa shape index (κ1) is 15.8. The van der Waals surface area contributed by atoms with Gasteiger partial charge >= 0.3 is 10.2 Å². The number of nitriles is 1. The third kappa shape index (κ3) is 3.04. The standard InChI is InChI=1S/C13H17N3O3S2/c1-3-20(17,4-2)15-21(18,19)16-8-7-12-9-11(10-14)5-6-13(12)16/h5-6,9H,3-4,7-8H2,1-2H3. The van der Waals surface area contributed by atoms with Gasteiger partial charge in [-0.05, 0) is 30.2 Å².